The average Bonchev–Trinajstić information content (AvgIpc) is 3.47. The first-order valence-corrected chi connectivity index (χ1v) is 16.4. The summed E-state index contributed by atoms with van der Waals surface area (Å²) in [5.41, 5.74) is 16.1. The number of fused-ring (bicyclic) bond motifs is 7. The minimum Gasteiger partial charge on any atom is -0.208 e. The molecule has 3 nitrogen and oxygen atoms in total. The lowest BCUT2D eigenvalue weighted by molar-refractivity contribution is 0.660. The molecule has 9 rings (SSSR count). The Morgan fingerprint density at radius 1 is 0.478 bits per heavy atom. The molecule has 0 atom stereocenters. The normalized spacial score (nSPS) is 15.9. The van der Waals surface area contributed by atoms with Crippen LogP contribution in [0.25, 0.3) is 62.5 Å². The minimum atomic E-state index is -0.105. The highest BCUT2D eigenvalue weighted by Gasteiger charge is 2.37. The molecular formula is C43H35N3. The summed E-state index contributed by atoms with van der Waals surface area (Å²) in [5, 5.41) is 0. The molecular weight excluding hydrogens is 558 g/mol. The monoisotopic (exact) mass is 593 g/mol. The van der Waals surface area contributed by atoms with Crippen molar-refractivity contribution in [3.8, 4) is 56.4 Å². The molecule has 0 bridgehead atoms. The van der Waals surface area contributed by atoms with Crippen LogP contribution in [0.3, 0.4) is 0 Å². The van der Waals surface area contributed by atoms with Gasteiger partial charge in [0.2, 0.25) is 0 Å². The standard InChI is InChI=1S/C43H35N3/c1-42(2)35-18-9-7-15-30(35)32-22-20-27(24-37(32)42)39-44-40(46-41(45-39)34-17-11-13-26-12-5-6-14-29(26)34)28-21-23-33-31-16-8-10-19-36(31)43(3,4)38(33)25-28/h5,7-13,15-25H,6,14H2,1-4H3. The van der Waals surface area contributed by atoms with Gasteiger partial charge in [0.05, 0.1) is 0 Å². The van der Waals surface area contributed by atoms with E-state index >= 15 is 0 Å². The molecule has 0 fully saturated rings. The van der Waals surface area contributed by atoms with Crippen molar-refractivity contribution in [1.82, 2.24) is 15.0 Å². The summed E-state index contributed by atoms with van der Waals surface area (Å²) in [7, 11) is 0. The predicted octanol–water partition coefficient (Wildman–Crippen LogP) is 10.4. The number of hydrogen-bond acceptors (Lipinski definition) is 3. The molecule has 3 aliphatic carbocycles. The minimum absolute atomic E-state index is 0.105. The molecule has 0 unspecified atom stereocenters. The van der Waals surface area contributed by atoms with E-state index in [2.05, 4.69) is 143 Å². The van der Waals surface area contributed by atoms with Crippen LogP contribution in [0.15, 0.2) is 109 Å². The van der Waals surface area contributed by atoms with E-state index in [0.29, 0.717) is 11.6 Å². The lowest BCUT2D eigenvalue weighted by Gasteiger charge is -2.22. The molecule has 0 saturated carbocycles. The molecule has 1 heterocycles. The predicted molar refractivity (Wildman–Crippen MR) is 189 cm³/mol. The fourth-order valence-electron chi connectivity index (χ4n) is 8.13. The molecule has 0 spiro atoms. The van der Waals surface area contributed by atoms with Gasteiger partial charge in [-0.25, -0.2) is 15.0 Å². The van der Waals surface area contributed by atoms with E-state index in [1.807, 2.05) is 0 Å². The van der Waals surface area contributed by atoms with Crippen LogP contribution in [0.1, 0.15) is 67.5 Å². The second-order valence-corrected chi connectivity index (χ2v) is 14.0. The number of benzene rings is 5. The third kappa shape index (κ3) is 3.87. The van der Waals surface area contributed by atoms with E-state index in [4.69, 9.17) is 15.0 Å². The molecule has 5 aromatic carbocycles. The Morgan fingerprint density at radius 3 is 1.57 bits per heavy atom. The lowest BCUT2D eigenvalue weighted by atomic mass is 9.82. The summed E-state index contributed by atoms with van der Waals surface area (Å²) in [4.78, 5) is 15.7. The van der Waals surface area contributed by atoms with E-state index in [0.717, 1.165) is 35.4 Å². The quantitative estimate of drug-likeness (QED) is 0.205. The Labute approximate surface area is 270 Å². The smallest absolute Gasteiger partial charge is 0.164 e. The number of allylic oxidation sites excluding steroid dienone is 1. The highest BCUT2D eigenvalue weighted by Crippen LogP contribution is 2.51. The van der Waals surface area contributed by atoms with E-state index in [9.17, 15) is 0 Å². The molecule has 3 heteroatoms. The van der Waals surface area contributed by atoms with Crippen LogP contribution in [0, 0.1) is 0 Å². The van der Waals surface area contributed by atoms with Gasteiger partial charge in [-0.05, 0) is 80.6 Å². The van der Waals surface area contributed by atoms with Crippen molar-refractivity contribution >= 4 is 6.08 Å². The largest absolute Gasteiger partial charge is 0.208 e. The zero-order valence-electron chi connectivity index (χ0n) is 26.7. The average molecular weight is 594 g/mol. The van der Waals surface area contributed by atoms with Crippen molar-refractivity contribution < 1.29 is 0 Å². The number of rotatable bonds is 3. The Morgan fingerprint density at radius 2 is 0.978 bits per heavy atom. The highest BCUT2D eigenvalue weighted by molar-refractivity contribution is 5.85. The maximum atomic E-state index is 5.22. The topological polar surface area (TPSA) is 38.7 Å². The van der Waals surface area contributed by atoms with Crippen molar-refractivity contribution in [2.45, 2.75) is 51.4 Å². The number of hydrogen-bond donors (Lipinski definition) is 0. The van der Waals surface area contributed by atoms with Gasteiger partial charge in [0.15, 0.2) is 17.5 Å². The molecule has 6 aromatic rings. The van der Waals surface area contributed by atoms with Crippen LogP contribution in [0.5, 0.6) is 0 Å². The zero-order valence-corrected chi connectivity index (χ0v) is 26.7. The third-order valence-electron chi connectivity index (χ3n) is 10.6. The van der Waals surface area contributed by atoms with Crippen LogP contribution < -0.4 is 0 Å². The molecule has 0 radical (unpaired) electrons. The summed E-state index contributed by atoms with van der Waals surface area (Å²) in [5.74, 6) is 2.15. The lowest BCUT2D eigenvalue weighted by Crippen LogP contribution is -2.15. The fourth-order valence-corrected chi connectivity index (χ4v) is 8.13. The van der Waals surface area contributed by atoms with Crippen molar-refractivity contribution in [1.29, 1.82) is 0 Å². The van der Waals surface area contributed by atoms with Gasteiger partial charge in [-0.1, -0.05) is 131 Å². The first-order valence-electron chi connectivity index (χ1n) is 16.4. The first kappa shape index (κ1) is 27.2. The molecule has 0 saturated heterocycles. The van der Waals surface area contributed by atoms with Crippen molar-refractivity contribution in [3.63, 3.8) is 0 Å². The van der Waals surface area contributed by atoms with Crippen LogP contribution in [-0.2, 0) is 17.3 Å². The Hall–Kier alpha value is -5.15. The molecule has 3 aliphatic rings. The second-order valence-electron chi connectivity index (χ2n) is 14.0. The fraction of sp³-hybridized carbons (Fsp3) is 0.186. The summed E-state index contributed by atoms with van der Waals surface area (Å²) >= 11 is 0. The maximum Gasteiger partial charge on any atom is 0.164 e. The van der Waals surface area contributed by atoms with Crippen LogP contribution in [0.4, 0.5) is 0 Å². The zero-order chi connectivity index (χ0) is 31.2. The van der Waals surface area contributed by atoms with Gasteiger partial charge in [0.1, 0.15) is 0 Å². The summed E-state index contributed by atoms with van der Waals surface area (Å²) in [6.07, 6.45) is 6.49. The number of aromatic nitrogens is 3. The number of nitrogens with zero attached hydrogens (tertiary/aromatic N) is 3. The molecule has 46 heavy (non-hydrogen) atoms. The first-order chi connectivity index (χ1) is 22.3. The van der Waals surface area contributed by atoms with Crippen LogP contribution in [0.2, 0.25) is 0 Å². The van der Waals surface area contributed by atoms with Gasteiger partial charge >= 0.3 is 0 Å². The van der Waals surface area contributed by atoms with Crippen LogP contribution >= 0.6 is 0 Å². The Bertz CT molecular complexity index is 2140. The second kappa shape index (κ2) is 9.67. The molecule has 1 aromatic heterocycles. The SMILES string of the molecule is CC1(C)c2ccccc2-c2ccc(-c3nc(-c4ccc5c(c4)C(C)(C)c4ccccc4-5)nc(-c4cccc5c4CCC=C5)n3)cc21. The molecule has 222 valence electrons. The summed E-state index contributed by atoms with van der Waals surface area (Å²) in [6.45, 7) is 9.28. The molecule has 0 amide bonds. The summed E-state index contributed by atoms with van der Waals surface area (Å²) in [6, 6.07) is 37.5. The van der Waals surface area contributed by atoms with E-state index in [-0.39, 0.29) is 10.8 Å². The maximum absolute atomic E-state index is 5.22. The molecule has 0 N–H and O–H groups in total. The van der Waals surface area contributed by atoms with Gasteiger partial charge in [-0.3, -0.25) is 0 Å². The van der Waals surface area contributed by atoms with Crippen molar-refractivity contribution in [3.05, 3.63) is 143 Å². The molecule has 0 aliphatic heterocycles. The van der Waals surface area contributed by atoms with E-state index < -0.39 is 0 Å². The van der Waals surface area contributed by atoms with Gasteiger partial charge in [-0.15, -0.1) is 0 Å². The van der Waals surface area contributed by atoms with Crippen molar-refractivity contribution in [2.24, 2.45) is 0 Å². The van der Waals surface area contributed by atoms with Gasteiger partial charge in [-0.2, -0.15) is 0 Å². The summed E-state index contributed by atoms with van der Waals surface area (Å²) < 4.78 is 0. The van der Waals surface area contributed by atoms with Gasteiger partial charge in [0.25, 0.3) is 0 Å². The van der Waals surface area contributed by atoms with Gasteiger partial charge in [0, 0.05) is 27.5 Å². The van der Waals surface area contributed by atoms with Gasteiger partial charge < -0.3 is 0 Å². The van der Waals surface area contributed by atoms with Crippen molar-refractivity contribution in [2.75, 3.05) is 0 Å². The highest BCUT2D eigenvalue weighted by atomic mass is 15.0. The van der Waals surface area contributed by atoms with E-state index in [1.54, 1.807) is 0 Å². The van der Waals surface area contributed by atoms with E-state index in [1.165, 1.54) is 55.6 Å². The van der Waals surface area contributed by atoms with Crippen LogP contribution in [-0.4, -0.2) is 15.0 Å². The Balaban J connectivity index is 1.24. The third-order valence-corrected chi connectivity index (χ3v) is 10.6. The Kier molecular flexibility index (Phi) is 5.72.